The lowest BCUT2D eigenvalue weighted by molar-refractivity contribution is -0.120. The van der Waals surface area contributed by atoms with Gasteiger partial charge in [0.2, 0.25) is 15.9 Å². The van der Waals surface area contributed by atoms with Crippen LogP contribution < -0.4 is 10.5 Å². The number of nitrogens with one attached hydrogen (secondary N) is 1. The Kier molecular flexibility index (Phi) is 4.42. The summed E-state index contributed by atoms with van der Waals surface area (Å²) in [5, 5.41) is 7.80. The maximum Gasteiger partial charge on any atom is 0.241 e. The summed E-state index contributed by atoms with van der Waals surface area (Å²) in [6.07, 6.45) is 2.22. The van der Waals surface area contributed by atoms with Gasteiger partial charge in [0.05, 0.1) is 10.9 Å². The molecule has 0 aliphatic carbocycles. The molecular formula is C13H19N3O3S. The highest BCUT2D eigenvalue weighted by atomic mass is 32.2. The second-order valence-corrected chi connectivity index (χ2v) is 6.54. The molecule has 1 heterocycles. The lowest BCUT2D eigenvalue weighted by Crippen LogP contribution is -2.40. The van der Waals surface area contributed by atoms with Gasteiger partial charge >= 0.3 is 0 Å². The van der Waals surface area contributed by atoms with Crippen LogP contribution in [0.5, 0.6) is 0 Å². The third kappa shape index (κ3) is 3.56. The molecule has 1 aromatic rings. The molecule has 1 saturated heterocycles. The predicted octanol–water partition coefficient (Wildman–Crippen LogP) is 0.757. The quantitative estimate of drug-likeness (QED) is 0.858. The number of anilines is 1. The molecule has 0 unspecified atom stereocenters. The molecule has 0 bridgehead atoms. The van der Waals surface area contributed by atoms with Gasteiger partial charge in [-0.25, -0.2) is 13.6 Å². The largest absolute Gasteiger partial charge is 0.325 e. The molecular weight excluding hydrogens is 278 g/mol. The molecule has 1 aliphatic rings. The first-order chi connectivity index (χ1) is 9.38. The number of hydrogen-bond acceptors (Lipinski definition) is 4. The number of primary sulfonamides is 1. The van der Waals surface area contributed by atoms with Crippen molar-refractivity contribution < 1.29 is 13.2 Å². The van der Waals surface area contributed by atoms with E-state index < -0.39 is 10.0 Å². The monoisotopic (exact) mass is 297 g/mol. The van der Waals surface area contributed by atoms with Crippen molar-refractivity contribution in [3.8, 4) is 0 Å². The summed E-state index contributed by atoms with van der Waals surface area (Å²) >= 11 is 0. The maximum atomic E-state index is 12.1. The van der Waals surface area contributed by atoms with Gasteiger partial charge in [0, 0.05) is 5.69 Å². The lowest BCUT2D eigenvalue weighted by Gasteiger charge is -2.22. The second kappa shape index (κ2) is 5.90. The summed E-state index contributed by atoms with van der Waals surface area (Å²) in [5.74, 6) is -0.140. The molecule has 20 heavy (non-hydrogen) atoms. The Morgan fingerprint density at radius 2 is 2.00 bits per heavy atom. The van der Waals surface area contributed by atoms with Crippen molar-refractivity contribution in [3.05, 3.63) is 24.3 Å². The minimum atomic E-state index is -3.76. The maximum absolute atomic E-state index is 12.1. The van der Waals surface area contributed by atoms with Crippen LogP contribution in [0.15, 0.2) is 29.2 Å². The zero-order valence-electron chi connectivity index (χ0n) is 11.4. The third-order valence-corrected chi connectivity index (χ3v) is 4.41. The minimum absolute atomic E-state index is 0.0101. The zero-order valence-corrected chi connectivity index (χ0v) is 12.2. The minimum Gasteiger partial charge on any atom is -0.325 e. The van der Waals surface area contributed by atoms with Gasteiger partial charge in [-0.1, -0.05) is 6.07 Å². The van der Waals surface area contributed by atoms with Crippen LogP contribution in [-0.4, -0.2) is 38.4 Å². The average Bonchev–Trinajstić information content (AvgIpc) is 2.91. The second-order valence-electron chi connectivity index (χ2n) is 4.98. The Labute approximate surface area is 119 Å². The van der Waals surface area contributed by atoms with E-state index >= 15 is 0 Å². The first kappa shape index (κ1) is 15.0. The normalized spacial score (nSPS) is 17.9. The number of carbonyl (C=O) groups excluding carboxylic acids is 1. The van der Waals surface area contributed by atoms with Gasteiger partial charge in [-0.3, -0.25) is 9.69 Å². The van der Waals surface area contributed by atoms with Gasteiger partial charge < -0.3 is 5.32 Å². The van der Waals surface area contributed by atoms with E-state index in [-0.39, 0.29) is 16.8 Å². The molecule has 0 aromatic heterocycles. The fraction of sp³-hybridized carbons (Fsp3) is 0.462. The third-order valence-electron chi connectivity index (χ3n) is 3.50. The Hall–Kier alpha value is -1.44. The predicted molar refractivity (Wildman–Crippen MR) is 76.7 cm³/mol. The summed E-state index contributed by atoms with van der Waals surface area (Å²) in [4.78, 5) is 14.2. The van der Waals surface area contributed by atoms with Crippen molar-refractivity contribution in [3.63, 3.8) is 0 Å². The number of nitrogens with two attached hydrogens (primary N) is 1. The van der Waals surface area contributed by atoms with E-state index in [2.05, 4.69) is 10.2 Å². The number of nitrogens with zero attached hydrogens (tertiary/aromatic N) is 1. The molecule has 7 heteroatoms. The SMILES string of the molecule is C[C@H](C(=O)Nc1cccc(S(N)(=O)=O)c1)N1CCCC1. The molecule has 0 radical (unpaired) electrons. The molecule has 0 spiro atoms. The van der Waals surface area contributed by atoms with Crippen LogP contribution >= 0.6 is 0 Å². The van der Waals surface area contributed by atoms with E-state index in [1.54, 1.807) is 12.1 Å². The van der Waals surface area contributed by atoms with Crippen LogP contribution in [0.2, 0.25) is 0 Å². The van der Waals surface area contributed by atoms with Crippen LogP contribution in [0.4, 0.5) is 5.69 Å². The first-order valence-corrected chi connectivity index (χ1v) is 8.10. The lowest BCUT2D eigenvalue weighted by atomic mass is 10.2. The molecule has 6 nitrogen and oxygen atoms in total. The highest BCUT2D eigenvalue weighted by Crippen LogP contribution is 2.16. The number of sulfonamides is 1. The van der Waals surface area contributed by atoms with E-state index in [9.17, 15) is 13.2 Å². The van der Waals surface area contributed by atoms with E-state index in [4.69, 9.17) is 5.14 Å². The number of benzene rings is 1. The number of carbonyl (C=O) groups is 1. The number of hydrogen-bond donors (Lipinski definition) is 2. The Balaban J connectivity index is 2.07. The van der Waals surface area contributed by atoms with Crippen LogP contribution in [0, 0.1) is 0 Å². The van der Waals surface area contributed by atoms with Crippen molar-refractivity contribution in [2.24, 2.45) is 5.14 Å². The van der Waals surface area contributed by atoms with E-state index in [1.807, 2.05) is 6.92 Å². The van der Waals surface area contributed by atoms with Crippen molar-refractivity contribution >= 4 is 21.6 Å². The molecule has 110 valence electrons. The smallest absolute Gasteiger partial charge is 0.241 e. The molecule has 2 rings (SSSR count). The molecule has 0 saturated carbocycles. The van der Waals surface area contributed by atoms with Crippen LogP contribution in [0.1, 0.15) is 19.8 Å². The van der Waals surface area contributed by atoms with E-state index in [1.165, 1.54) is 12.1 Å². The summed E-state index contributed by atoms with van der Waals surface area (Å²) in [6.45, 7) is 3.70. The van der Waals surface area contributed by atoms with Crippen molar-refractivity contribution in [2.75, 3.05) is 18.4 Å². The summed E-state index contributed by atoms with van der Waals surface area (Å²) in [6, 6.07) is 5.73. The van der Waals surface area contributed by atoms with Gasteiger partial charge in [-0.05, 0) is 51.1 Å². The summed E-state index contributed by atoms with van der Waals surface area (Å²) in [5.41, 5.74) is 0.438. The first-order valence-electron chi connectivity index (χ1n) is 6.56. The van der Waals surface area contributed by atoms with Crippen molar-refractivity contribution in [1.82, 2.24) is 4.90 Å². The van der Waals surface area contributed by atoms with E-state index in [0.29, 0.717) is 5.69 Å². The van der Waals surface area contributed by atoms with Gasteiger partial charge in [-0.2, -0.15) is 0 Å². The molecule has 1 atom stereocenters. The number of likely N-dealkylation sites (tertiary alicyclic amines) is 1. The van der Waals surface area contributed by atoms with E-state index in [0.717, 1.165) is 25.9 Å². The van der Waals surface area contributed by atoms with Crippen molar-refractivity contribution in [1.29, 1.82) is 0 Å². The standard InChI is InChI=1S/C13H19N3O3S/c1-10(16-7-2-3-8-16)13(17)15-11-5-4-6-12(9-11)20(14,18)19/h4-6,9-10H,2-3,7-8H2,1H3,(H,15,17)(H2,14,18,19)/t10-/m1/s1. The molecule has 1 fully saturated rings. The van der Waals surface area contributed by atoms with Gasteiger partial charge in [0.15, 0.2) is 0 Å². The molecule has 1 amide bonds. The highest BCUT2D eigenvalue weighted by Gasteiger charge is 2.24. The molecule has 3 N–H and O–H groups in total. The van der Waals surface area contributed by atoms with Gasteiger partial charge in [-0.15, -0.1) is 0 Å². The Morgan fingerprint density at radius 1 is 1.35 bits per heavy atom. The van der Waals surface area contributed by atoms with Crippen LogP contribution in [0.25, 0.3) is 0 Å². The van der Waals surface area contributed by atoms with Crippen molar-refractivity contribution in [2.45, 2.75) is 30.7 Å². The Bertz CT molecular complexity index is 595. The average molecular weight is 297 g/mol. The van der Waals surface area contributed by atoms with Crippen LogP contribution in [-0.2, 0) is 14.8 Å². The Morgan fingerprint density at radius 3 is 2.60 bits per heavy atom. The molecule has 1 aromatic carbocycles. The molecule has 1 aliphatic heterocycles. The number of rotatable bonds is 4. The van der Waals surface area contributed by atoms with Gasteiger partial charge in [0.1, 0.15) is 0 Å². The summed E-state index contributed by atoms with van der Waals surface area (Å²) < 4.78 is 22.5. The fourth-order valence-corrected chi connectivity index (χ4v) is 2.85. The van der Waals surface area contributed by atoms with Crippen LogP contribution in [0.3, 0.4) is 0 Å². The topological polar surface area (TPSA) is 92.5 Å². The highest BCUT2D eigenvalue weighted by molar-refractivity contribution is 7.89. The van der Waals surface area contributed by atoms with Gasteiger partial charge in [0.25, 0.3) is 0 Å². The number of amides is 1. The fourth-order valence-electron chi connectivity index (χ4n) is 2.29. The zero-order chi connectivity index (χ0) is 14.8. The summed E-state index contributed by atoms with van der Waals surface area (Å²) in [7, 11) is -3.76.